The van der Waals surface area contributed by atoms with Gasteiger partial charge >= 0.3 is 0 Å². The van der Waals surface area contributed by atoms with Crippen LogP contribution < -0.4 is 9.80 Å². The van der Waals surface area contributed by atoms with Gasteiger partial charge in [-0.15, -0.1) is 0 Å². The number of amides is 2. The van der Waals surface area contributed by atoms with Crippen molar-refractivity contribution in [1.82, 2.24) is 0 Å². The summed E-state index contributed by atoms with van der Waals surface area (Å²) >= 11 is 0. The molecule has 1 heterocycles. The van der Waals surface area contributed by atoms with Gasteiger partial charge in [0.2, 0.25) is 11.8 Å². The molecule has 1 fully saturated rings. The average molecular weight is 246 g/mol. The largest absolute Gasteiger partial charge is 0.372 e. The van der Waals surface area contributed by atoms with Gasteiger partial charge in [0.15, 0.2) is 0 Å². The van der Waals surface area contributed by atoms with E-state index in [-0.39, 0.29) is 11.8 Å². The van der Waals surface area contributed by atoms with Gasteiger partial charge < -0.3 is 4.90 Å². The summed E-state index contributed by atoms with van der Waals surface area (Å²) in [7, 11) is 0. The number of hydrogen-bond acceptors (Lipinski definition) is 3. The van der Waals surface area contributed by atoms with Crippen LogP contribution in [0.3, 0.4) is 0 Å². The van der Waals surface area contributed by atoms with Crippen molar-refractivity contribution < 1.29 is 9.59 Å². The van der Waals surface area contributed by atoms with Gasteiger partial charge in [0, 0.05) is 31.6 Å². The molecular weight excluding hydrogens is 228 g/mol. The van der Waals surface area contributed by atoms with E-state index in [1.165, 1.54) is 4.90 Å². The molecule has 0 aliphatic carbocycles. The number of rotatable bonds is 4. The average Bonchev–Trinajstić information content (AvgIpc) is 2.71. The Labute approximate surface area is 107 Å². The summed E-state index contributed by atoms with van der Waals surface area (Å²) in [6.07, 6.45) is 0.655. The maximum absolute atomic E-state index is 11.7. The molecule has 0 radical (unpaired) electrons. The van der Waals surface area contributed by atoms with Crippen molar-refractivity contribution in [3.05, 3.63) is 24.3 Å². The van der Waals surface area contributed by atoms with E-state index in [9.17, 15) is 9.59 Å². The van der Waals surface area contributed by atoms with E-state index in [0.717, 1.165) is 18.8 Å². The minimum atomic E-state index is -0.100. The molecule has 0 N–H and O–H groups in total. The first kappa shape index (κ1) is 12.6. The molecule has 0 bridgehead atoms. The summed E-state index contributed by atoms with van der Waals surface area (Å²) in [5.74, 6) is -0.201. The molecule has 1 saturated heterocycles. The quantitative estimate of drug-likeness (QED) is 0.765. The maximum Gasteiger partial charge on any atom is 0.234 e. The normalized spacial score (nSPS) is 15.3. The van der Waals surface area contributed by atoms with Crippen molar-refractivity contribution in [3.63, 3.8) is 0 Å². The van der Waals surface area contributed by atoms with Crippen LogP contribution in [-0.4, -0.2) is 24.9 Å². The van der Waals surface area contributed by atoms with Gasteiger partial charge in [0.1, 0.15) is 0 Å². The Morgan fingerprint density at radius 2 is 1.72 bits per heavy atom. The van der Waals surface area contributed by atoms with Crippen LogP contribution in [0.25, 0.3) is 0 Å². The number of benzene rings is 1. The molecule has 4 nitrogen and oxygen atoms in total. The fraction of sp³-hybridized carbons (Fsp3) is 0.429. The molecule has 18 heavy (non-hydrogen) atoms. The van der Waals surface area contributed by atoms with E-state index in [0.29, 0.717) is 18.5 Å². The standard InChI is InChI=1S/C14H18N2O2/c1-3-15(4-2)11-6-5-7-12(10-11)16-13(17)8-9-14(16)18/h5-7,10H,3-4,8-9H2,1-2H3. The first-order valence-corrected chi connectivity index (χ1v) is 6.38. The Hall–Kier alpha value is -1.84. The molecule has 1 aromatic carbocycles. The minimum absolute atomic E-state index is 0.100. The third-order valence-corrected chi connectivity index (χ3v) is 3.27. The van der Waals surface area contributed by atoms with Gasteiger partial charge in [-0.25, -0.2) is 0 Å². The Bertz CT molecular complexity index is 451. The second kappa shape index (κ2) is 5.21. The first-order valence-electron chi connectivity index (χ1n) is 6.38. The van der Waals surface area contributed by atoms with E-state index >= 15 is 0 Å². The predicted molar refractivity (Wildman–Crippen MR) is 71.7 cm³/mol. The number of imide groups is 1. The van der Waals surface area contributed by atoms with E-state index in [1.54, 1.807) is 0 Å². The van der Waals surface area contributed by atoms with Crippen LogP contribution in [0.4, 0.5) is 11.4 Å². The van der Waals surface area contributed by atoms with Crippen LogP contribution in [0.1, 0.15) is 26.7 Å². The molecule has 96 valence electrons. The summed E-state index contributed by atoms with van der Waals surface area (Å²) < 4.78 is 0. The van der Waals surface area contributed by atoms with Gasteiger partial charge in [0.05, 0.1) is 5.69 Å². The fourth-order valence-corrected chi connectivity index (χ4v) is 2.28. The lowest BCUT2D eigenvalue weighted by Crippen LogP contribution is -2.29. The van der Waals surface area contributed by atoms with Gasteiger partial charge in [-0.05, 0) is 32.0 Å². The SMILES string of the molecule is CCN(CC)c1cccc(N2C(=O)CCC2=O)c1. The summed E-state index contributed by atoms with van der Waals surface area (Å²) in [6, 6.07) is 7.62. The number of hydrogen-bond donors (Lipinski definition) is 0. The first-order chi connectivity index (χ1) is 8.67. The zero-order valence-corrected chi connectivity index (χ0v) is 10.8. The van der Waals surface area contributed by atoms with E-state index in [4.69, 9.17) is 0 Å². The highest BCUT2D eigenvalue weighted by Crippen LogP contribution is 2.26. The van der Waals surface area contributed by atoms with Crippen LogP contribution in [0.2, 0.25) is 0 Å². The molecular formula is C14H18N2O2. The molecule has 2 amide bonds. The van der Waals surface area contributed by atoms with Gasteiger partial charge in [-0.3, -0.25) is 14.5 Å². The lowest BCUT2D eigenvalue weighted by molar-refractivity contribution is -0.121. The Kier molecular flexibility index (Phi) is 3.65. The number of carbonyl (C=O) groups excluding carboxylic acids is 2. The molecule has 1 aromatic rings. The molecule has 0 saturated carbocycles. The molecule has 2 rings (SSSR count). The van der Waals surface area contributed by atoms with Crippen LogP contribution in [0, 0.1) is 0 Å². The third kappa shape index (κ3) is 2.23. The van der Waals surface area contributed by atoms with Crippen molar-refractivity contribution >= 4 is 23.2 Å². The highest BCUT2D eigenvalue weighted by atomic mass is 16.2. The van der Waals surface area contributed by atoms with Gasteiger partial charge in [0.25, 0.3) is 0 Å². The maximum atomic E-state index is 11.7. The van der Waals surface area contributed by atoms with Crippen molar-refractivity contribution in [1.29, 1.82) is 0 Å². The van der Waals surface area contributed by atoms with Crippen LogP contribution >= 0.6 is 0 Å². The monoisotopic (exact) mass is 246 g/mol. The van der Waals surface area contributed by atoms with Crippen molar-refractivity contribution in [3.8, 4) is 0 Å². The fourth-order valence-electron chi connectivity index (χ4n) is 2.28. The smallest absolute Gasteiger partial charge is 0.234 e. The van der Waals surface area contributed by atoms with Crippen molar-refractivity contribution in [2.75, 3.05) is 22.9 Å². The molecule has 1 aliphatic heterocycles. The molecule has 0 aromatic heterocycles. The molecule has 4 heteroatoms. The van der Waals surface area contributed by atoms with E-state index in [1.807, 2.05) is 24.3 Å². The predicted octanol–water partition coefficient (Wildman–Crippen LogP) is 2.19. The highest BCUT2D eigenvalue weighted by molar-refractivity contribution is 6.19. The lowest BCUT2D eigenvalue weighted by Gasteiger charge is -2.23. The Morgan fingerprint density at radius 3 is 2.28 bits per heavy atom. The highest BCUT2D eigenvalue weighted by Gasteiger charge is 2.30. The molecule has 0 spiro atoms. The van der Waals surface area contributed by atoms with Gasteiger partial charge in [-0.1, -0.05) is 6.07 Å². The van der Waals surface area contributed by atoms with Crippen molar-refractivity contribution in [2.24, 2.45) is 0 Å². The lowest BCUT2D eigenvalue weighted by atomic mass is 10.2. The minimum Gasteiger partial charge on any atom is -0.372 e. The number of nitrogens with zero attached hydrogens (tertiary/aromatic N) is 2. The Balaban J connectivity index is 2.32. The zero-order valence-electron chi connectivity index (χ0n) is 10.8. The zero-order chi connectivity index (χ0) is 13.1. The second-order valence-electron chi connectivity index (χ2n) is 4.32. The molecule has 0 unspecified atom stereocenters. The molecule has 1 aliphatic rings. The summed E-state index contributed by atoms with van der Waals surface area (Å²) in [5.41, 5.74) is 1.73. The summed E-state index contributed by atoms with van der Waals surface area (Å²) in [4.78, 5) is 26.9. The van der Waals surface area contributed by atoms with Crippen LogP contribution in [0.5, 0.6) is 0 Å². The number of carbonyl (C=O) groups is 2. The van der Waals surface area contributed by atoms with Crippen LogP contribution in [0.15, 0.2) is 24.3 Å². The van der Waals surface area contributed by atoms with Gasteiger partial charge in [-0.2, -0.15) is 0 Å². The second-order valence-corrected chi connectivity index (χ2v) is 4.32. The summed E-state index contributed by atoms with van der Waals surface area (Å²) in [6.45, 7) is 5.98. The third-order valence-electron chi connectivity index (χ3n) is 3.27. The van der Waals surface area contributed by atoms with E-state index < -0.39 is 0 Å². The molecule has 0 atom stereocenters. The number of anilines is 2. The van der Waals surface area contributed by atoms with E-state index in [2.05, 4.69) is 18.7 Å². The van der Waals surface area contributed by atoms with Crippen molar-refractivity contribution in [2.45, 2.75) is 26.7 Å². The summed E-state index contributed by atoms with van der Waals surface area (Å²) in [5, 5.41) is 0. The van der Waals surface area contributed by atoms with Crippen LogP contribution in [-0.2, 0) is 9.59 Å². The topological polar surface area (TPSA) is 40.6 Å². The Morgan fingerprint density at radius 1 is 1.11 bits per heavy atom.